The Morgan fingerprint density at radius 1 is 1.58 bits per heavy atom. The molecular weight excluding hydrogens is 181 g/mol. The minimum atomic E-state index is -3.13. The van der Waals surface area contributed by atoms with Crippen LogP contribution in [0.5, 0.6) is 0 Å². The van der Waals surface area contributed by atoms with Gasteiger partial charge in [0.25, 0.3) is 5.91 Å². The van der Waals surface area contributed by atoms with Crippen LogP contribution in [0.3, 0.4) is 0 Å². The van der Waals surface area contributed by atoms with E-state index in [1.165, 1.54) is 0 Å². The van der Waals surface area contributed by atoms with Crippen molar-refractivity contribution >= 4 is 7.82 Å². The van der Waals surface area contributed by atoms with Crippen molar-refractivity contribution in [3.05, 3.63) is 0 Å². The second-order valence-corrected chi connectivity index (χ2v) is 4.91. The van der Waals surface area contributed by atoms with Crippen LogP contribution in [0.15, 0.2) is 0 Å². The highest BCUT2D eigenvalue weighted by molar-refractivity contribution is 7.50. The molecule has 0 amide bonds. The van der Waals surface area contributed by atoms with Crippen LogP contribution in [0, 0.1) is 5.92 Å². The number of hydrogen-bond acceptors (Lipinski definition) is 5. The molecule has 1 atom stereocenters. The van der Waals surface area contributed by atoms with Crippen LogP contribution < -0.4 is 0 Å². The van der Waals surface area contributed by atoms with Gasteiger partial charge in [-0.25, -0.2) is 13.6 Å². The van der Waals surface area contributed by atoms with E-state index >= 15 is 0 Å². The van der Waals surface area contributed by atoms with Crippen LogP contribution in [0.4, 0.5) is 0 Å². The fraction of sp³-hybridized carbons (Fsp3) is 1.00. The third-order valence-electron chi connectivity index (χ3n) is 2.65. The Morgan fingerprint density at radius 2 is 2.33 bits per heavy atom. The van der Waals surface area contributed by atoms with Crippen LogP contribution >= 0.6 is 7.82 Å². The van der Waals surface area contributed by atoms with Gasteiger partial charge in [0.05, 0.1) is 0 Å². The lowest BCUT2D eigenvalue weighted by Gasteiger charge is -2.42. The summed E-state index contributed by atoms with van der Waals surface area (Å²) in [4.78, 5) is 0. The monoisotopic (exact) mass is 191 g/mol. The Labute approximate surface area is 70.2 Å². The van der Waals surface area contributed by atoms with E-state index in [9.17, 15) is 4.57 Å². The van der Waals surface area contributed by atoms with Gasteiger partial charge < -0.3 is 0 Å². The van der Waals surface area contributed by atoms with Crippen molar-refractivity contribution in [2.75, 3.05) is 6.54 Å². The summed E-state index contributed by atoms with van der Waals surface area (Å²) >= 11 is 0. The summed E-state index contributed by atoms with van der Waals surface area (Å²) in [6, 6.07) is 0. The average molecular weight is 191 g/mol. The highest BCUT2D eigenvalue weighted by atomic mass is 31.2. The molecule has 0 radical (unpaired) electrons. The Hall–Kier alpha value is 0.0700. The molecule has 4 fully saturated rings. The highest BCUT2D eigenvalue weighted by Crippen LogP contribution is 2.76. The highest BCUT2D eigenvalue weighted by Gasteiger charge is 2.73. The fourth-order valence-electron chi connectivity index (χ4n) is 1.98. The lowest BCUT2D eigenvalue weighted by atomic mass is 9.97. The van der Waals surface area contributed by atoms with Gasteiger partial charge in [-0.05, 0) is 12.8 Å². The van der Waals surface area contributed by atoms with Gasteiger partial charge in [-0.1, -0.05) is 6.92 Å². The molecule has 0 aromatic carbocycles. The zero-order valence-corrected chi connectivity index (χ0v) is 7.62. The van der Waals surface area contributed by atoms with Crippen molar-refractivity contribution in [3.63, 3.8) is 0 Å². The predicted octanol–water partition coefficient (Wildman–Crippen LogP) is 1.47. The molecule has 2 bridgehead atoms. The number of hydroxylamine groups is 2. The maximum absolute atomic E-state index is 11.3. The van der Waals surface area contributed by atoms with E-state index in [0.29, 0.717) is 0 Å². The molecular formula is C6H10NO4P. The first kappa shape index (κ1) is 7.47. The largest absolute Gasteiger partial charge is 0.499 e. The quantitative estimate of drug-likeness (QED) is 0.542. The average Bonchev–Trinajstić information content (AvgIpc) is 2.37. The molecule has 4 rings (SSSR count). The minimum absolute atomic E-state index is 0.232. The summed E-state index contributed by atoms with van der Waals surface area (Å²) in [7, 11) is -3.13. The SMILES string of the molecule is CC1CCCN2OP3(=O)OC12O3. The normalized spacial score (nSPS) is 57.9. The van der Waals surface area contributed by atoms with Gasteiger partial charge in [0.1, 0.15) is 0 Å². The molecule has 4 aliphatic rings. The summed E-state index contributed by atoms with van der Waals surface area (Å²) in [6.45, 7) is 2.76. The standard InChI is InChI=1S/C6H10NO4P/c1-5-3-2-4-7-6(5)9-12(8,10-6)11-7/h5H,2-4H2,1H3. The Balaban J connectivity index is 1.98. The number of hydrogen-bond donors (Lipinski definition) is 0. The molecule has 4 heterocycles. The molecule has 68 valence electrons. The van der Waals surface area contributed by atoms with Crippen molar-refractivity contribution in [3.8, 4) is 0 Å². The van der Waals surface area contributed by atoms with Gasteiger partial charge in [0.2, 0.25) is 0 Å². The van der Waals surface area contributed by atoms with E-state index in [1.54, 1.807) is 5.06 Å². The summed E-state index contributed by atoms with van der Waals surface area (Å²) in [5.74, 6) is -0.566. The molecule has 0 saturated carbocycles. The van der Waals surface area contributed by atoms with E-state index in [1.807, 2.05) is 6.92 Å². The van der Waals surface area contributed by atoms with Crippen molar-refractivity contribution < 1.29 is 18.2 Å². The molecule has 0 aromatic rings. The number of piperidine rings is 1. The second-order valence-electron chi connectivity index (χ2n) is 3.49. The molecule has 5 nitrogen and oxygen atoms in total. The van der Waals surface area contributed by atoms with E-state index < -0.39 is 13.7 Å². The van der Waals surface area contributed by atoms with Gasteiger partial charge in [0, 0.05) is 12.5 Å². The van der Waals surface area contributed by atoms with Gasteiger partial charge >= 0.3 is 7.82 Å². The molecule has 4 saturated heterocycles. The fourth-order valence-corrected chi connectivity index (χ4v) is 3.68. The van der Waals surface area contributed by atoms with Crippen LogP contribution in [-0.4, -0.2) is 17.5 Å². The van der Waals surface area contributed by atoms with E-state index in [0.717, 1.165) is 19.4 Å². The third kappa shape index (κ3) is 0.674. The summed E-state index contributed by atoms with van der Waals surface area (Å²) in [5.41, 5.74) is 0. The number of nitrogens with zero attached hydrogens (tertiary/aromatic N) is 1. The van der Waals surface area contributed by atoms with Gasteiger partial charge in [-0.15, -0.1) is 5.06 Å². The van der Waals surface area contributed by atoms with Crippen molar-refractivity contribution in [1.82, 2.24) is 5.06 Å². The van der Waals surface area contributed by atoms with Gasteiger partial charge in [0.15, 0.2) is 0 Å². The molecule has 0 aliphatic carbocycles. The molecule has 12 heavy (non-hydrogen) atoms. The smallest absolute Gasteiger partial charge is 0.235 e. The van der Waals surface area contributed by atoms with Crippen molar-refractivity contribution in [2.24, 2.45) is 5.92 Å². The first-order valence-electron chi connectivity index (χ1n) is 4.14. The topological polar surface area (TPSA) is 48.0 Å². The number of phosphoric acid groups is 1. The van der Waals surface area contributed by atoms with Crippen LogP contribution in [0.1, 0.15) is 19.8 Å². The van der Waals surface area contributed by atoms with Crippen molar-refractivity contribution in [2.45, 2.75) is 25.7 Å². The maximum atomic E-state index is 11.3. The molecule has 6 heteroatoms. The molecule has 0 aromatic heterocycles. The first-order valence-corrected chi connectivity index (χ1v) is 5.60. The Bertz CT molecular complexity index is 271. The van der Waals surface area contributed by atoms with E-state index in [-0.39, 0.29) is 5.92 Å². The lowest BCUT2D eigenvalue weighted by molar-refractivity contribution is -0.317. The molecule has 1 unspecified atom stereocenters. The molecule has 1 spiro atoms. The van der Waals surface area contributed by atoms with Crippen LogP contribution in [0.2, 0.25) is 0 Å². The third-order valence-corrected chi connectivity index (χ3v) is 4.02. The minimum Gasteiger partial charge on any atom is -0.235 e. The van der Waals surface area contributed by atoms with E-state index in [2.05, 4.69) is 0 Å². The number of phosphoric ester groups is 1. The van der Waals surface area contributed by atoms with Crippen LogP contribution in [-0.2, 0) is 18.2 Å². The van der Waals surface area contributed by atoms with Crippen LogP contribution in [0.25, 0.3) is 0 Å². The zero-order valence-electron chi connectivity index (χ0n) is 6.73. The predicted molar refractivity (Wildman–Crippen MR) is 38.7 cm³/mol. The van der Waals surface area contributed by atoms with Crippen molar-refractivity contribution in [1.29, 1.82) is 0 Å². The summed E-state index contributed by atoms with van der Waals surface area (Å²) in [6.07, 6.45) is 2.06. The summed E-state index contributed by atoms with van der Waals surface area (Å²) < 4.78 is 26.7. The Morgan fingerprint density at radius 3 is 3.00 bits per heavy atom. The van der Waals surface area contributed by atoms with Gasteiger partial charge in [-0.3, -0.25) is 0 Å². The second kappa shape index (κ2) is 1.94. The maximum Gasteiger partial charge on any atom is 0.499 e. The van der Waals surface area contributed by atoms with E-state index in [4.69, 9.17) is 13.7 Å². The number of rotatable bonds is 0. The molecule has 4 aliphatic heterocycles. The van der Waals surface area contributed by atoms with Gasteiger partial charge in [-0.2, -0.15) is 4.62 Å². The zero-order chi connectivity index (χ0) is 8.40. The Kier molecular flexibility index (Phi) is 1.21. The first-order chi connectivity index (χ1) is 5.65. The molecule has 0 N–H and O–H groups in total. The lowest BCUT2D eigenvalue weighted by Crippen LogP contribution is -2.55. The summed E-state index contributed by atoms with van der Waals surface area (Å²) in [5, 5.41) is 1.59.